The first kappa shape index (κ1) is 19.5. The van der Waals surface area contributed by atoms with E-state index in [1.165, 1.54) is 0 Å². The van der Waals surface area contributed by atoms with E-state index in [1.54, 1.807) is 26.2 Å². The van der Waals surface area contributed by atoms with Crippen LogP contribution in [0.25, 0.3) is 11.0 Å². The molecule has 1 amide bonds. The maximum atomic E-state index is 12.2. The van der Waals surface area contributed by atoms with Gasteiger partial charge in [0.1, 0.15) is 11.3 Å². The highest BCUT2D eigenvalue weighted by atomic mass is 16.5. The van der Waals surface area contributed by atoms with Crippen LogP contribution in [-0.2, 0) is 20.7 Å². The van der Waals surface area contributed by atoms with E-state index in [2.05, 4.69) is 5.32 Å². The lowest BCUT2D eigenvalue weighted by Crippen LogP contribution is -2.27. The zero-order chi connectivity index (χ0) is 19.1. The van der Waals surface area contributed by atoms with Crippen molar-refractivity contribution in [1.29, 1.82) is 0 Å². The predicted octanol–water partition coefficient (Wildman–Crippen LogP) is 2.11. The Labute approximate surface area is 151 Å². The summed E-state index contributed by atoms with van der Waals surface area (Å²) in [6, 6.07) is 5.28. The van der Waals surface area contributed by atoms with Gasteiger partial charge in [0.15, 0.2) is 0 Å². The Kier molecular flexibility index (Phi) is 6.77. The summed E-state index contributed by atoms with van der Waals surface area (Å²) < 4.78 is 15.3. The lowest BCUT2D eigenvalue weighted by molar-refractivity contribution is -0.143. The van der Waals surface area contributed by atoms with Crippen molar-refractivity contribution in [2.75, 3.05) is 20.3 Å². The van der Waals surface area contributed by atoms with Gasteiger partial charge in [0.25, 0.3) is 0 Å². The number of nitrogens with one attached hydrogen (secondary N) is 1. The van der Waals surface area contributed by atoms with Crippen molar-refractivity contribution >= 4 is 22.8 Å². The van der Waals surface area contributed by atoms with Crippen LogP contribution < -0.4 is 15.7 Å². The molecule has 0 saturated heterocycles. The molecule has 0 aliphatic rings. The minimum atomic E-state index is -0.456. The number of hydrogen-bond donors (Lipinski definition) is 1. The molecule has 0 atom stereocenters. The van der Waals surface area contributed by atoms with Gasteiger partial charge in [-0.05, 0) is 38.0 Å². The third-order valence-corrected chi connectivity index (χ3v) is 4.05. The fourth-order valence-corrected chi connectivity index (χ4v) is 2.65. The van der Waals surface area contributed by atoms with E-state index in [0.717, 1.165) is 10.9 Å². The van der Waals surface area contributed by atoms with E-state index in [9.17, 15) is 14.4 Å². The maximum absolute atomic E-state index is 12.2. The highest BCUT2D eigenvalue weighted by Gasteiger charge is 2.14. The van der Waals surface area contributed by atoms with Crippen molar-refractivity contribution in [3.8, 4) is 5.75 Å². The SMILES string of the molecule is CCOC(=O)CCNC(=O)CCc1c(C)c2ccc(OC)cc2oc1=O. The molecule has 1 heterocycles. The summed E-state index contributed by atoms with van der Waals surface area (Å²) in [6.07, 6.45) is 0.524. The van der Waals surface area contributed by atoms with Crippen LogP contribution in [-0.4, -0.2) is 32.1 Å². The molecule has 0 unspecified atom stereocenters. The Balaban J connectivity index is 2.01. The highest BCUT2D eigenvalue weighted by molar-refractivity contribution is 5.83. The molecule has 7 nitrogen and oxygen atoms in total. The first-order valence-electron chi connectivity index (χ1n) is 8.49. The molecule has 0 bridgehead atoms. The average molecular weight is 361 g/mol. The molecule has 0 aliphatic heterocycles. The molecule has 26 heavy (non-hydrogen) atoms. The highest BCUT2D eigenvalue weighted by Crippen LogP contribution is 2.24. The largest absolute Gasteiger partial charge is 0.497 e. The molecule has 0 aliphatic carbocycles. The second-order valence-electron chi connectivity index (χ2n) is 5.76. The topological polar surface area (TPSA) is 94.8 Å². The lowest BCUT2D eigenvalue weighted by Gasteiger charge is -2.09. The second kappa shape index (κ2) is 9.03. The van der Waals surface area contributed by atoms with Gasteiger partial charge in [0.2, 0.25) is 5.91 Å². The van der Waals surface area contributed by atoms with Gasteiger partial charge in [-0.2, -0.15) is 0 Å². The molecule has 0 fully saturated rings. The minimum absolute atomic E-state index is 0.124. The van der Waals surface area contributed by atoms with Gasteiger partial charge < -0.3 is 19.2 Å². The van der Waals surface area contributed by atoms with E-state index in [-0.39, 0.29) is 37.7 Å². The van der Waals surface area contributed by atoms with Gasteiger partial charge in [0, 0.05) is 30.0 Å². The average Bonchev–Trinajstić information content (AvgIpc) is 2.61. The van der Waals surface area contributed by atoms with Crippen molar-refractivity contribution in [1.82, 2.24) is 5.32 Å². The molecule has 140 valence electrons. The number of fused-ring (bicyclic) bond motifs is 1. The molecular weight excluding hydrogens is 338 g/mol. The number of ether oxygens (including phenoxy) is 2. The van der Waals surface area contributed by atoms with Crippen LogP contribution >= 0.6 is 0 Å². The number of rotatable bonds is 8. The monoisotopic (exact) mass is 361 g/mol. The molecule has 1 aromatic carbocycles. The molecule has 2 aromatic rings. The number of hydrogen-bond acceptors (Lipinski definition) is 6. The van der Waals surface area contributed by atoms with Crippen molar-refractivity contribution in [3.63, 3.8) is 0 Å². The van der Waals surface area contributed by atoms with Gasteiger partial charge in [-0.25, -0.2) is 4.79 Å². The van der Waals surface area contributed by atoms with Gasteiger partial charge in [-0.3, -0.25) is 9.59 Å². The van der Waals surface area contributed by atoms with Gasteiger partial charge in [0.05, 0.1) is 20.1 Å². The van der Waals surface area contributed by atoms with E-state index in [4.69, 9.17) is 13.9 Å². The Morgan fingerprint density at radius 3 is 2.69 bits per heavy atom. The minimum Gasteiger partial charge on any atom is -0.497 e. The molecule has 7 heteroatoms. The fourth-order valence-electron chi connectivity index (χ4n) is 2.65. The first-order chi connectivity index (χ1) is 12.5. The van der Waals surface area contributed by atoms with Crippen LogP contribution in [0, 0.1) is 6.92 Å². The van der Waals surface area contributed by atoms with Crippen molar-refractivity contribution < 1.29 is 23.5 Å². The van der Waals surface area contributed by atoms with Gasteiger partial charge in [-0.15, -0.1) is 0 Å². The maximum Gasteiger partial charge on any atom is 0.339 e. The Bertz CT molecular complexity index is 855. The number of methoxy groups -OCH3 is 1. The van der Waals surface area contributed by atoms with Crippen LogP contribution in [0.3, 0.4) is 0 Å². The van der Waals surface area contributed by atoms with Crippen LogP contribution in [0.4, 0.5) is 0 Å². The van der Waals surface area contributed by atoms with E-state index in [0.29, 0.717) is 23.5 Å². The van der Waals surface area contributed by atoms with Crippen LogP contribution in [0.2, 0.25) is 0 Å². The van der Waals surface area contributed by atoms with E-state index >= 15 is 0 Å². The van der Waals surface area contributed by atoms with Crippen molar-refractivity contribution in [3.05, 3.63) is 39.7 Å². The molecule has 1 N–H and O–H groups in total. The summed E-state index contributed by atoms with van der Waals surface area (Å²) in [5, 5.41) is 3.45. The summed E-state index contributed by atoms with van der Waals surface area (Å²) in [5.74, 6) is 0.0194. The fraction of sp³-hybridized carbons (Fsp3) is 0.421. The normalized spacial score (nSPS) is 10.6. The molecule has 0 spiro atoms. The molecule has 0 saturated carbocycles. The number of carbonyl (C=O) groups excluding carboxylic acids is 2. The summed E-state index contributed by atoms with van der Waals surface area (Å²) in [4.78, 5) is 35.4. The summed E-state index contributed by atoms with van der Waals surface area (Å²) in [6.45, 7) is 4.09. The second-order valence-corrected chi connectivity index (χ2v) is 5.76. The Morgan fingerprint density at radius 1 is 1.23 bits per heavy atom. The van der Waals surface area contributed by atoms with Crippen LogP contribution in [0.1, 0.15) is 30.9 Å². The molecule has 2 rings (SSSR count). The van der Waals surface area contributed by atoms with Gasteiger partial charge >= 0.3 is 11.6 Å². The third-order valence-electron chi connectivity index (χ3n) is 4.05. The number of carbonyl (C=O) groups is 2. The zero-order valence-corrected chi connectivity index (χ0v) is 15.2. The number of benzene rings is 1. The molecule has 1 aromatic heterocycles. The third kappa shape index (κ3) is 4.84. The van der Waals surface area contributed by atoms with Gasteiger partial charge in [-0.1, -0.05) is 0 Å². The summed E-state index contributed by atoms with van der Waals surface area (Å²) in [7, 11) is 1.54. The predicted molar refractivity (Wildman–Crippen MR) is 96.4 cm³/mol. The molecular formula is C19H23NO6. The number of esters is 1. The summed E-state index contributed by atoms with van der Waals surface area (Å²) in [5.41, 5.74) is 1.26. The lowest BCUT2D eigenvalue weighted by atomic mass is 10.0. The standard InChI is InChI=1S/C19H23NO6/c1-4-25-18(22)9-10-20-17(21)8-7-15-12(2)14-6-5-13(24-3)11-16(14)26-19(15)23/h5-6,11H,4,7-10H2,1-3H3,(H,20,21). The zero-order valence-electron chi connectivity index (χ0n) is 15.2. The quantitative estimate of drug-likeness (QED) is 0.572. The van der Waals surface area contributed by atoms with Crippen molar-refractivity contribution in [2.24, 2.45) is 0 Å². The Morgan fingerprint density at radius 2 is 2.00 bits per heavy atom. The Hall–Kier alpha value is -2.83. The van der Waals surface area contributed by atoms with E-state index < -0.39 is 5.63 Å². The van der Waals surface area contributed by atoms with Crippen LogP contribution in [0.15, 0.2) is 27.4 Å². The molecule has 0 radical (unpaired) electrons. The van der Waals surface area contributed by atoms with Crippen molar-refractivity contribution in [2.45, 2.75) is 33.1 Å². The van der Waals surface area contributed by atoms with Crippen LogP contribution in [0.5, 0.6) is 5.75 Å². The number of amides is 1. The number of aryl methyl sites for hydroxylation is 1. The smallest absolute Gasteiger partial charge is 0.339 e. The first-order valence-corrected chi connectivity index (χ1v) is 8.49. The summed E-state index contributed by atoms with van der Waals surface area (Å²) >= 11 is 0. The van der Waals surface area contributed by atoms with E-state index in [1.807, 2.05) is 13.0 Å².